The van der Waals surface area contributed by atoms with Crippen molar-refractivity contribution in [1.29, 1.82) is 0 Å². The van der Waals surface area contributed by atoms with Crippen LogP contribution in [0.5, 0.6) is 11.5 Å². The Labute approximate surface area is 111 Å². The molecule has 0 amide bonds. The lowest BCUT2D eigenvalue weighted by Gasteiger charge is -2.24. The van der Waals surface area contributed by atoms with Crippen molar-refractivity contribution in [2.45, 2.75) is 11.9 Å². The van der Waals surface area contributed by atoms with Crippen LogP contribution in [0.1, 0.15) is 11.1 Å². The summed E-state index contributed by atoms with van der Waals surface area (Å²) in [5, 5.41) is 0. The maximum atomic E-state index is 12.8. The van der Waals surface area contributed by atoms with Crippen molar-refractivity contribution in [3.8, 4) is 11.5 Å². The van der Waals surface area contributed by atoms with Crippen LogP contribution >= 0.6 is 10.7 Å². The topological polar surface area (TPSA) is 52.6 Å². The molecule has 106 valence electrons. The summed E-state index contributed by atoms with van der Waals surface area (Å²) in [4.78, 5) is 0. The number of benzene rings is 1. The van der Waals surface area contributed by atoms with E-state index in [1.54, 1.807) is 0 Å². The van der Waals surface area contributed by atoms with Gasteiger partial charge in [0.15, 0.2) is 11.5 Å². The fraction of sp³-hybridized carbons (Fsp3) is 0.400. The van der Waals surface area contributed by atoms with E-state index >= 15 is 0 Å². The van der Waals surface area contributed by atoms with Crippen LogP contribution in [0.25, 0.3) is 0 Å². The van der Waals surface area contributed by atoms with E-state index in [1.807, 2.05) is 0 Å². The predicted molar refractivity (Wildman–Crippen MR) is 60.9 cm³/mol. The molecule has 0 unspecified atom stereocenters. The standard InChI is InChI=1S/C10H8ClF3O4S/c11-19(15,16)5-6-1-2-7(10(12,13)14)9-8(6)17-3-4-18-9/h1-2H,3-5H2. The highest BCUT2D eigenvalue weighted by Crippen LogP contribution is 2.45. The molecule has 0 aromatic heterocycles. The van der Waals surface area contributed by atoms with Crippen molar-refractivity contribution in [3.05, 3.63) is 23.3 Å². The zero-order valence-electron chi connectivity index (χ0n) is 9.33. The summed E-state index contributed by atoms with van der Waals surface area (Å²) < 4.78 is 70.4. The first-order valence-corrected chi connectivity index (χ1v) is 7.57. The summed E-state index contributed by atoms with van der Waals surface area (Å²) in [6, 6.07) is 1.78. The zero-order valence-corrected chi connectivity index (χ0v) is 10.9. The smallest absolute Gasteiger partial charge is 0.420 e. The fourth-order valence-corrected chi connectivity index (χ4v) is 2.67. The van der Waals surface area contributed by atoms with Gasteiger partial charge in [0.05, 0.1) is 5.75 Å². The Morgan fingerprint density at radius 1 is 1.16 bits per heavy atom. The van der Waals surface area contributed by atoms with Gasteiger partial charge >= 0.3 is 6.18 Å². The van der Waals surface area contributed by atoms with Crippen LogP contribution in [0.2, 0.25) is 0 Å². The van der Waals surface area contributed by atoms with Crippen LogP contribution in [-0.4, -0.2) is 21.6 Å². The molecule has 0 aliphatic carbocycles. The van der Waals surface area contributed by atoms with Crippen molar-refractivity contribution in [1.82, 2.24) is 0 Å². The summed E-state index contributed by atoms with van der Waals surface area (Å²) in [5.74, 6) is -1.33. The predicted octanol–water partition coefficient (Wildman–Crippen LogP) is 2.55. The van der Waals surface area contributed by atoms with Crippen LogP contribution < -0.4 is 9.47 Å². The van der Waals surface area contributed by atoms with Gasteiger partial charge in [0.2, 0.25) is 9.05 Å². The SMILES string of the molecule is O=S(=O)(Cl)Cc1ccc(C(F)(F)F)c2c1OCCO2. The third-order valence-corrected chi connectivity index (χ3v) is 3.39. The Kier molecular flexibility index (Phi) is 3.57. The first-order chi connectivity index (χ1) is 8.68. The summed E-state index contributed by atoms with van der Waals surface area (Å²) in [6.07, 6.45) is -4.61. The molecule has 0 spiro atoms. The molecule has 4 nitrogen and oxygen atoms in total. The van der Waals surface area contributed by atoms with Crippen LogP contribution in [0.4, 0.5) is 13.2 Å². The molecule has 0 saturated heterocycles. The number of rotatable bonds is 2. The maximum Gasteiger partial charge on any atom is 0.420 e. The third kappa shape index (κ3) is 3.24. The molecule has 0 atom stereocenters. The average molecular weight is 317 g/mol. The van der Waals surface area contributed by atoms with E-state index in [0.29, 0.717) is 0 Å². The van der Waals surface area contributed by atoms with E-state index in [0.717, 1.165) is 12.1 Å². The molecule has 1 aromatic rings. The van der Waals surface area contributed by atoms with Gasteiger partial charge in [-0.15, -0.1) is 0 Å². The van der Waals surface area contributed by atoms with Crippen molar-refractivity contribution in [3.63, 3.8) is 0 Å². The first-order valence-electron chi connectivity index (χ1n) is 5.09. The van der Waals surface area contributed by atoms with Crippen LogP contribution in [0, 0.1) is 0 Å². The average Bonchev–Trinajstić information content (AvgIpc) is 2.25. The largest absolute Gasteiger partial charge is 0.486 e. The molecule has 0 radical (unpaired) electrons. The van der Waals surface area contributed by atoms with E-state index in [4.69, 9.17) is 20.2 Å². The van der Waals surface area contributed by atoms with Gasteiger partial charge in [-0.05, 0) is 6.07 Å². The lowest BCUT2D eigenvalue weighted by molar-refractivity contribution is -0.139. The molecule has 1 heterocycles. The Hall–Kier alpha value is -1.15. The monoisotopic (exact) mass is 316 g/mol. The van der Waals surface area contributed by atoms with Crippen LogP contribution in [-0.2, 0) is 21.0 Å². The van der Waals surface area contributed by atoms with Gasteiger partial charge in [0, 0.05) is 16.2 Å². The third-order valence-electron chi connectivity index (χ3n) is 2.40. The number of halogens is 4. The van der Waals surface area contributed by atoms with E-state index in [1.165, 1.54) is 0 Å². The maximum absolute atomic E-state index is 12.8. The quantitative estimate of drug-likeness (QED) is 0.787. The number of ether oxygens (including phenoxy) is 2. The molecule has 0 N–H and O–H groups in total. The second kappa shape index (κ2) is 4.75. The molecule has 9 heteroatoms. The van der Waals surface area contributed by atoms with Crippen LogP contribution in [0.3, 0.4) is 0 Å². The molecule has 1 aliphatic heterocycles. The molecule has 0 fully saturated rings. The van der Waals surface area contributed by atoms with Gasteiger partial charge in [-0.1, -0.05) is 6.07 Å². The summed E-state index contributed by atoms with van der Waals surface area (Å²) in [7, 11) is 1.19. The van der Waals surface area contributed by atoms with Gasteiger partial charge < -0.3 is 9.47 Å². The molecule has 1 aromatic carbocycles. The normalized spacial score (nSPS) is 15.4. The van der Waals surface area contributed by atoms with Gasteiger partial charge in [0.25, 0.3) is 0 Å². The molecule has 2 rings (SSSR count). The molecule has 0 bridgehead atoms. The number of fused-ring (bicyclic) bond motifs is 1. The number of hydrogen-bond donors (Lipinski definition) is 0. The molecular weight excluding hydrogens is 309 g/mol. The minimum atomic E-state index is -4.61. The summed E-state index contributed by atoms with van der Waals surface area (Å²) >= 11 is 0. The van der Waals surface area contributed by atoms with E-state index in [2.05, 4.69) is 0 Å². The second-order valence-electron chi connectivity index (χ2n) is 3.81. The Bertz CT molecular complexity index is 598. The Balaban J connectivity index is 2.55. The van der Waals surface area contributed by atoms with E-state index < -0.39 is 32.3 Å². The fourth-order valence-electron chi connectivity index (χ4n) is 1.72. The highest BCUT2D eigenvalue weighted by atomic mass is 35.7. The van der Waals surface area contributed by atoms with Crippen LogP contribution in [0.15, 0.2) is 12.1 Å². The first kappa shape index (κ1) is 14.3. The summed E-state index contributed by atoms with van der Waals surface area (Å²) in [6.45, 7) is 0.0107. The zero-order chi connectivity index (χ0) is 14.3. The lowest BCUT2D eigenvalue weighted by atomic mass is 10.1. The number of hydrogen-bond acceptors (Lipinski definition) is 4. The van der Waals surface area contributed by atoms with Gasteiger partial charge in [-0.3, -0.25) is 0 Å². The summed E-state index contributed by atoms with van der Waals surface area (Å²) in [5.41, 5.74) is -0.962. The van der Waals surface area contributed by atoms with E-state index in [-0.39, 0.29) is 24.5 Å². The minimum absolute atomic E-state index is 0.0346. The highest BCUT2D eigenvalue weighted by Gasteiger charge is 2.38. The van der Waals surface area contributed by atoms with E-state index in [9.17, 15) is 21.6 Å². The van der Waals surface area contributed by atoms with Gasteiger partial charge in [-0.25, -0.2) is 8.42 Å². The van der Waals surface area contributed by atoms with Crippen molar-refractivity contribution in [2.24, 2.45) is 0 Å². The molecular formula is C10H8ClF3O4S. The Morgan fingerprint density at radius 3 is 2.26 bits per heavy atom. The van der Waals surface area contributed by atoms with Crippen molar-refractivity contribution in [2.75, 3.05) is 13.2 Å². The Morgan fingerprint density at radius 2 is 1.74 bits per heavy atom. The number of alkyl halides is 3. The molecule has 1 aliphatic rings. The lowest BCUT2D eigenvalue weighted by Crippen LogP contribution is -2.20. The second-order valence-corrected chi connectivity index (χ2v) is 6.59. The highest BCUT2D eigenvalue weighted by molar-refractivity contribution is 8.13. The molecule has 19 heavy (non-hydrogen) atoms. The van der Waals surface area contributed by atoms with Gasteiger partial charge in [0.1, 0.15) is 18.8 Å². The molecule has 0 saturated carbocycles. The van der Waals surface area contributed by atoms with Crippen molar-refractivity contribution < 1.29 is 31.1 Å². The van der Waals surface area contributed by atoms with Crippen molar-refractivity contribution >= 4 is 19.7 Å². The van der Waals surface area contributed by atoms with Gasteiger partial charge in [-0.2, -0.15) is 13.2 Å². The minimum Gasteiger partial charge on any atom is -0.486 e.